The van der Waals surface area contributed by atoms with Crippen molar-refractivity contribution in [1.29, 1.82) is 0 Å². The zero-order chi connectivity index (χ0) is 6.69. The number of rotatable bonds is 2. The van der Waals surface area contributed by atoms with Gasteiger partial charge in [-0.1, -0.05) is 0 Å². The second-order valence-corrected chi connectivity index (χ2v) is 2.63. The van der Waals surface area contributed by atoms with Gasteiger partial charge in [0.1, 0.15) is 6.10 Å². The monoisotopic (exact) mass is 127 g/mol. The lowest BCUT2D eigenvalue weighted by Gasteiger charge is -2.14. The van der Waals surface area contributed by atoms with Gasteiger partial charge in [0.25, 0.3) is 0 Å². The van der Waals surface area contributed by atoms with E-state index in [9.17, 15) is 0 Å². The predicted molar refractivity (Wildman–Crippen MR) is 37.2 cm³/mol. The Labute approximate surface area is 56.1 Å². The van der Waals surface area contributed by atoms with Crippen molar-refractivity contribution in [2.45, 2.75) is 12.5 Å². The fraction of sp³-hybridized carbons (Fsp3) is 0.714. The van der Waals surface area contributed by atoms with Gasteiger partial charge in [0.05, 0.1) is 6.26 Å². The molecule has 0 aromatic rings. The SMILES string of the molecule is CN(C)CC1CC=CO1. The third kappa shape index (κ3) is 2.06. The Morgan fingerprint density at radius 2 is 2.44 bits per heavy atom. The first-order valence-corrected chi connectivity index (χ1v) is 3.24. The Hall–Kier alpha value is -0.500. The maximum atomic E-state index is 5.24. The molecule has 0 aromatic heterocycles. The molecule has 1 rings (SSSR count). The zero-order valence-electron chi connectivity index (χ0n) is 6.00. The highest BCUT2D eigenvalue weighted by molar-refractivity contribution is 4.87. The van der Waals surface area contributed by atoms with E-state index in [0.29, 0.717) is 6.10 Å². The molecule has 1 aliphatic rings. The highest BCUT2D eigenvalue weighted by Crippen LogP contribution is 2.08. The lowest BCUT2D eigenvalue weighted by molar-refractivity contribution is 0.135. The highest BCUT2D eigenvalue weighted by atomic mass is 16.5. The van der Waals surface area contributed by atoms with Crippen molar-refractivity contribution in [1.82, 2.24) is 4.90 Å². The average Bonchev–Trinajstić information content (AvgIpc) is 2.15. The van der Waals surface area contributed by atoms with Gasteiger partial charge in [-0.25, -0.2) is 0 Å². The minimum Gasteiger partial charge on any atom is -0.497 e. The van der Waals surface area contributed by atoms with Gasteiger partial charge in [-0.3, -0.25) is 0 Å². The minimum atomic E-state index is 0.403. The van der Waals surface area contributed by atoms with Crippen LogP contribution >= 0.6 is 0 Å². The molecule has 0 aromatic carbocycles. The molecular weight excluding hydrogens is 114 g/mol. The van der Waals surface area contributed by atoms with Gasteiger partial charge in [-0.2, -0.15) is 0 Å². The second-order valence-electron chi connectivity index (χ2n) is 2.63. The Kier molecular flexibility index (Phi) is 2.11. The molecule has 1 unspecified atom stereocenters. The predicted octanol–water partition coefficient (Wildman–Crippen LogP) is 0.851. The van der Waals surface area contributed by atoms with E-state index in [0.717, 1.165) is 13.0 Å². The topological polar surface area (TPSA) is 12.5 Å². The number of hydrogen-bond acceptors (Lipinski definition) is 2. The van der Waals surface area contributed by atoms with E-state index in [2.05, 4.69) is 25.1 Å². The molecule has 0 spiro atoms. The van der Waals surface area contributed by atoms with E-state index in [1.807, 2.05) is 0 Å². The summed E-state index contributed by atoms with van der Waals surface area (Å²) in [6.45, 7) is 1.02. The lowest BCUT2D eigenvalue weighted by atomic mass is 10.3. The maximum Gasteiger partial charge on any atom is 0.114 e. The van der Waals surface area contributed by atoms with E-state index >= 15 is 0 Å². The molecule has 0 N–H and O–H groups in total. The lowest BCUT2D eigenvalue weighted by Crippen LogP contribution is -2.24. The summed E-state index contributed by atoms with van der Waals surface area (Å²) in [6, 6.07) is 0. The van der Waals surface area contributed by atoms with Crippen LogP contribution in [-0.2, 0) is 4.74 Å². The molecule has 0 radical (unpaired) electrons. The summed E-state index contributed by atoms with van der Waals surface area (Å²) in [4.78, 5) is 2.14. The summed E-state index contributed by atoms with van der Waals surface area (Å²) in [6.07, 6.45) is 5.32. The summed E-state index contributed by atoms with van der Waals surface area (Å²) in [5, 5.41) is 0. The van der Waals surface area contributed by atoms with Crippen molar-refractivity contribution in [3.63, 3.8) is 0 Å². The van der Waals surface area contributed by atoms with Crippen LogP contribution in [0.1, 0.15) is 6.42 Å². The van der Waals surface area contributed by atoms with Crippen LogP contribution in [0.15, 0.2) is 12.3 Å². The number of likely N-dealkylation sites (N-methyl/N-ethyl adjacent to an activating group) is 1. The summed E-state index contributed by atoms with van der Waals surface area (Å²) < 4.78 is 5.24. The molecular formula is C7H13NO. The van der Waals surface area contributed by atoms with E-state index in [4.69, 9.17) is 4.74 Å². The Balaban J connectivity index is 2.14. The second kappa shape index (κ2) is 2.87. The van der Waals surface area contributed by atoms with Crippen LogP contribution in [0.5, 0.6) is 0 Å². The Morgan fingerprint density at radius 1 is 1.67 bits per heavy atom. The Bertz CT molecular complexity index is 101. The summed E-state index contributed by atoms with van der Waals surface area (Å²) >= 11 is 0. The molecule has 52 valence electrons. The van der Waals surface area contributed by atoms with Crippen molar-refractivity contribution in [2.75, 3.05) is 20.6 Å². The van der Waals surface area contributed by atoms with Crippen LogP contribution < -0.4 is 0 Å². The third-order valence-electron chi connectivity index (χ3n) is 1.34. The first kappa shape index (κ1) is 6.62. The molecule has 1 heterocycles. The van der Waals surface area contributed by atoms with E-state index in [1.165, 1.54) is 0 Å². The molecule has 0 amide bonds. The Morgan fingerprint density at radius 3 is 2.89 bits per heavy atom. The first-order chi connectivity index (χ1) is 4.29. The molecule has 0 saturated carbocycles. The van der Waals surface area contributed by atoms with Gasteiger partial charge in [0.15, 0.2) is 0 Å². The molecule has 1 aliphatic heterocycles. The normalized spacial score (nSPS) is 25.0. The minimum absolute atomic E-state index is 0.403. The molecule has 0 saturated heterocycles. The van der Waals surface area contributed by atoms with Crippen LogP contribution in [0, 0.1) is 0 Å². The number of nitrogens with zero attached hydrogens (tertiary/aromatic N) is 1. The fourth-order valence-corrected chi connectivity index (χ4v) is 0.954. The molecule has 2 nitrogen and oxygen atoms in total. The molecule has 2 heteroatoms. The molecule has 1 atom stereocenters. The van der Waals surface area contributed by atoms with Crippen molar-refractivity contribution in [2.24, 2.45) is 0 Å². The van der Waals surface area contributed by atoms with Crippen molar-refractivity contribution < 1.29 is 4.74 Å². The van der Waals surface area contributed by atoms with Gasteiger partial charge >= 0.3 is 0 Å². The van der Waals surface area contributed by atoms with Crippen LogP contribution in [-0.4, -0.2) is 31.6 Å². The van der Waals surface area contributed by atoms with E-state index in [-0.39, 0.29) is 0 Å². The smallest absolute Gasteiger partial charge is 0.114 e. The van der Waals surface area contributed by atoms with Crippen LogP contribution in [0.3, 0.4) is 0 Å². The maximum absolute atomic E-state index is 5.24. The van der Waals surface area contributed by atoms with Gasteiger partial charge in [0, 0.05) is 13.0 Å². The molecule has 0 bridgehead atoms. The summed E-state index contributed by atoms with van der Waals surface area (Å²) in [5.74, 6) is 0. The van der Waals surface area contributed by atoms with Crippen LogP contribution in [0.25, 0.3) is 0 Å². The third-order valence-corrected chi connectivity index (χ3v) is 1.34. The number of ether oxygens (including phenoxy) is 1. The van der Waals surface area contributed by atoms with Crippen molar-refractivity contribution in [3.8, 4) is 0 Å². The summed E-state index contributed by atoms with van der Waals surface area (Å²) in [7, 11) is 4.11. The average molecular weight is 127 g/mol. The van der Waals surface area contributed by atoms with Crippen LogP contribution in [0.4, 0.5) is 0 Å². The standard InChI is InChI=1S/C7H13NO/c1-8(2)6-7-4-3-5-9-7/h3,5,7H,4,6H2,1-2H3. The molecule has 9 heavy (non-hydrogen) atoms. The molecule has 0 aliphatic carbocycles. The van der Waals surface area contributed by atoms with Crippen molar-refractivity contribution in [3.05, 3.63) is 12.3 Å². The number of hydrogen-bond donors (Lipinski definition) is 0. The zero-order valence-corrected chi connectivity index (χ0v) is 6.00. The first-order valence-electron chi connectivity index (χ1n) is 3.24. The van der Waals surface area contributed by atoms with E-state index < -0.39 is 0 Å². The highest BCUT2D eigenvalue weighted by Gasteiger charge is 2.10. The summed E-state index contributed by atoms with van der Waals surface area (Å²) in [5.41, 5.74) is 0. The van der Waals surface area contributed by atoms with Gasteiger partial charge in [-0.05, 0) is 20.2 Å². The van der Waals surface area contributed by atoms with Crippen LogP contribution in [0.2, 0.25) is 0 Å². The fourth-order valence-electron chi connectivity index (χ4n) is 0.954. The van der Waals surface area contributed by atoms with Gasteiger partial charge < -0.3 is 9.64 Å². The van der Waals surface area contributed by atoms with Crippen molar-refractivity contribution >= 4 is 0 Å². The molecule has 0 fully saturated rings. The van der Waals surface area contributed by atoms with Gasteiger partial charge in [-0.15, -0.1) is 0 Å². The quantitative estimate of drug-likeness (QED) is 0.545. The van der Waals surface area contributed by atoms with E-state index in [1.54, 1.807) is 6.26 Å². The van der Waals surface area contributed by atoms with Gasteiger partial charge in [0.2, 0.25) is 0 Å². The largest absolute Gasteiger partial charge is 0.497 e.